The number of amides is 1. The highest BCUT2D eigenvalue weighted by atomic mass is 16.5. The molecule has 2 aromatic rings. The van der Waals surface area contributed by atoms with Crippen molar-refractivity contribution in [2.75, 3.05) is 31.6 Å². The number of ether oxygens (including phenoxy) is 1. The van der Waals surface area contributed by atoms with Crippen LogP contribution in [0.5, 0.6) is 5.75 Å². The van der Waals surface area contributed by atoms with Crippen LogP contribution in [0, 0.1) is 0 Å². The second kappa shape index (κ2) is 7.70. The van der Waals surface area contributed by atoms with Gasteiger partial charge in [-0.3, -0.25) is 9.59 Å². The Morgan fingerprint density at radius 1 is 1.14 bits per heavy atom. The summed E-state index contributed by atoms with van der Waals surface area (Å²) in [5.41, 5.74) is 3.27. The van der Waals surface area contributed by atoms with Crippen molar-refractivity contribution in [3.8, 4) is 5.75 Å². The molecule has 1 aliphatic carbocycles. The molecule has 6 nitrogen and oxygen atoms in total. The second-order valence-electron chi connectivity index (χ2n) is 7.71. The van der Waals surface area contributed by atoms with Gasteiger partial charge in [-0.2, -0.15) is 0 Å². The standard InChI is InChI=1S/C22H27N3O3/c1-15-14-24(17-7-9-18(28-2)10-8-17)11-12-25(15)22(27)19-13-16-5-3-4-6-20(16)23-21(19)26/h7-10,13,15H,3-6,11-12,14H2,1-2H3,(H,23,26). The molecule has 148 valence electrons. The van der Waals surface area contributed by atoms with Crippen LogP contribution in [0.1, 0.15) is 41.4 Å². The number of hydrogen-bond acceptors (Lipinski definition) is 4. The third-order valence-electron chi connectivity index (χ3n) is 5.89. The molecule has 0 saturated carbocycles. The van der Waals surface area contributed by atoms with Crippen LogP contribution in [0.4, 0.5) is 5.69 Å². The van der Waals surface area contributed by atoms with Crippen LogP contribution in [-0.4, -0.2) is 48.6 Å². The van der Waals surface area contributed by atoms with Gasteiger partial charge in [0.15, 0.2) is 0 Å². The van der Waals surface area contributed by atoms with Gasteiger partial charge in [0.2, 0.25) is 0 Å². The van der Waals surface area contributed by atoms with Crippen LogP contribution in [0.25, 0.3) is 0 Å². The molecular weight excluding hydrogens is 354 g/mol. The number of hydrogen-bond donors (Lipinski definition) is 1. The third kappa shape index (κ3) is 3.51. The zero-order chi connectivity index (χ0) is 19.7. The summed E-state index contributed by atoms with van der Waals surface area (Å²) in [4.78, 5) is 32.7. The lowest BCUT2D eigenvalue weighted by molar-refractivity contribution is 0.0672. The Morgan fingerprint density at radius 3 is 2.61 bits per heavy atom. The van der Waals surface area contributed by atoms with Crippen molar-refractivity contribution in [1.82, 2.24) is 9.88 Å². The first-order valence-corrected chi connectivity index (χ1v) is 10.0. The number of carbonyl (C=O) groups is 1. The first-order valence-electron chi connectivity index (χ1n) is 10.0. The van der Waals surface area contributed by atoms with Gasteiger partial charge in [-0.05, 0) is 68.5 Å². The molecule has 2 aliphatic rings. The number of fused-ring (bicyclic) bond motifs is 1. The van der Waals surface area contributed by atoms with E-state index in [2.05, 4.69) is 9.88 Å². The van der Waals surface area contributed by atoms with E-state index in [0.29, 0.717) is 6.54 Å². The van der Waals surface area contributed by atoms with Gasteiger partial charge in [0, 0.05) is 37.1 Å². The summed E-state index contributed by atoms with van der Waals surface area (Å²) in [5.74, 6) is 0.675. The minimum absolute atomic E-state index is 0.0267. The molecule has 0 radical (unpaired) electrons. The van der Waals surface area contributed by atoms with Gasteiger partial charge in [0.25, 0.3) is 11.5 Å². The van der Waals surface area contributed by atoms with E-state index in [0.717, 1.165) is 61.5 Å². The zero-order valence-electron chi connectivity index (χ0n) is 16.5. The minimum Gasteiger partial charge on any atom is -0.497 e. The number of methoxy groups -OCH3 is 1. The fraction of sp³-hybridized carbons (Fsp3) is 0.455. The molecule has 1 fully saturated rings. The molecule has 1 aromatic heterocycles. The molecule has 1 amide bonds. The lowest BCUT2D eigenvalue weighted by Gasteiger charge is -2.41. The number of rotatable bonds is 3. The van der Waals surface area contributed by atoms with Gasteiger partial charge in [-0.1, -0.05) is 0 Å². The minimum atomic E-state index is -0.254. The molecule has 1 atom stereocenters. The lowest BCUT2D eigenvalue weighted by Crippen LogP contribution is -2.54. The van der Waals surface area contributed by atoms with E-state index in [-0.39, 0.29) is 23.1 Å². The highest BCUT2D eigenvalue weighted by Gasteiger charge is 2.30. The van der Waals surface area contributed by atoms with Crippen molar-refractivity contribution >= 4 is 11.6 Å². The Hall–Kier alpha value is -2.76. The van der Waals surface area contributed by atoms with E-state index < -0.39 is 0 Å². The van der Waals surface area contributed by atoms with Crippen LogP contribution in [0.2, 0.25) is 0 Å². The quantitative estimate of drug-likeness (QED) is 0.888. The molecule has 1 saturated heterocycles. The van der Waals surface area contributed by atoms with E-state index >= 15 is 0 Å². The average Bonchev–Trinajstić information content (AvgIpc) is 2.72. The number of benzene rings is 1. The smallest absolute Gasteiger partial charge is 0.261 e. The number of piperazine rings is 1. The topological polar surface area (TPSA) is 65.6 Å². The van der Waals surface area contributed by atoms with Crippen molar-refractivity contribution < 1.29 is 9.53 Å². The first-order chi connectivity index (χ1) is 13.6. The van der Waals surface area contributed by atoms with Crippen LogP contribution >= 0.6 is 0 Å². The molecule has 0 spiro atoms. The summed E-state index contributed by atoms with van der Waals surface area (Å²) in [7, 11) is 1.66. The number of nitrogens with one attached hydrogen (secondary N) is 1. The molecule has 28 heavy (non-hydrogen) atoms. The highest BCUT2D eigenvalue weighted by Crippen LogP contribution is 2.24. The molecule has 2 heterocycles. The summed E-state index contributed by atoms with van der Waals surface area (Å²) >= 11 is 0. The highest BCUT2D eigenvalue weighted by molar-refractivity contribution is 5.94. The Bertz CT molecular complexity index is 920. The summed E-state index contributed by atoms with van der Waals surface area (Å²) in [6, 6.07) is 9.83. The molecule has 1 aromatic carbocycles. The monoisotopic (exact) mass is 381 g/mol. The van der Waals surface area contributed by atoms with Gasteiger partial charge < -0.3 is 19.5 Å². The van der Waals surface area contributed by atoms with Crippen LogP contribution in [0.15, 0.2) is 35.1 Å². The van der Waals surface area contributed by atoms with Crippen molar-refractivity contribution in [3.63, 3.8) is 0 Å². The Kier molecular flexibility index (Phi) is 5.11. The normalized spacial score (nSPS) is 19.3. The molecule has 4 rings (SSSR count). The van der Waals surface area contributed by atoms with E-state index in [1.165, 1.54) is 0 Å². The summed E-state index contributed by atoms with van der Waals surface area (Å²) in [5, 5.41) is 0. The summed E-state index contributed by atoms with van der Waals surface area (Å²) in [6.07, 6.45) is 4.05. The zero-order valence-corrected chi connectivity index (χ0v) is 16.5. The molecule has 1 unspecified atom stereocenters. The van der Waals surface area contributed by atoms with Gasteiger partial charge in [0.05, 0.1) is 7.11 Å². The number of anilines is 1. The predicted molar refractivity (Wildman–Crippen MR) is 109 cm³/mol. The Labute approximate surface area is 165 Å². The van der Waals surface area contributed by atoms with Crippen LogP contribution < -0.4 is 15.2 Å². The predicted octanol–water partition coefficient (Wildman–Crippen LogP) is 2.61. The lowest BCUT2D eigenvalue weighted by atomic mass is 9.94. The molecule has 1 aliphatic heterocycles. The Balaban J connectivity index is 1.50. The number of aryl methyl sites for hydroxylation is 2. The first kappa shape index (κ1) is 18.6. The Morgan fingerprint density at radius 2 is 1.89 bits per heavy atom. The number of pyridine rings is 1. The van der Waals surface area contributed by atoms with E-state index in [4.69, 9.17) is 4.74 Å². The summed E-state index contributed by atoms with van der Waals surface area (Å²) in [6.45, 7) is 4.12. The van der Waals surface area contributed by atoms with Crippen molar-refractivity contribution in [1.29, 1.82) is 0 Å². The van der Waals surface area contributed by atoms with Crippen molar-refractivity contribution in [2.45, 2.75) is 38.6 Å². The SMILES string of the molecule is COc1ccc(N2CCN(C(=O)c3cc4c([nH]c3=O)CCCC4)C(C)C2)cc1. The van der Waals surface area contributed by atoms with Crippen molar-refractivity contribution in [3.05, 3.63) is 57.5 Å². The van der Waals surface area contributed by atoms with E-state index in [9.17, 15) is 9.59 Å². The maximum Gasteiger partial charge on any atom is 0.261 e. The maximum absolute atomic E-state index is 13.1. The second-order valence-corrected chi connectivity index (χ2v) is 7.71. The largest absolute Gasteiger partial charge is 0.497 e. The van der Waals surface area contributed by atoms with Crippen LogP contribution in [-0.2, 0) is 12.8 Å². The number of aromatic amines is 1. The van der Waals surface area contributed by atoms with Gasteiger partial charge in [0.1, 0.15) is 11.3 Å². The molecule has 6 heteroatoms. The molecular formula is C22H27N3O3. The van der Waals surface area contributed by atoms with E-state index in [1.807, 2.05) is 42.2 Å². The fourth-order valence-electron chi connectivity index (χ4n) is 4.28. The summed E-state index contributed by atoms with van der Waals surface area (Å²) < 4.78 is 5.22. The third-order valence-corrected chi connectivity index (χ3v) is 5.89. The van der Waals surface area contributed by atoms with Gasteiger partial charge >= 0.3 is 0 Å². The molecule has 0 bridgehead atoms. The van der Waals surface area contributed by atoms with E-state index in [1.54, 1.807) is 7.11 Å². The maximum atomic E-state index is 13.1. The number of carbonyl (C=O) groups excluding carboxylic acids is 1. The fourth-order valence-corrected chi connectivity index (χ4v) is 4.28. The average molecular weight is 381 g/mol. The van der Waals surface area contributed by atoms with Crippen molar-refractivity contribution in [2.24, 2.45) is 0 Å². The number of aromatic nitrogens is 1. The van der Waals surface area contributed by atoms with Gasteiger partial charge in [-0.15, -0.1) is 0 Å². The van der Waals surface area contributed by atoms with Gasteiger partial charge in [-0.25, -0.2) is 0 Å². The van der Waals surface area contributed by atoms with Crippen LogP contribution in [0.3, 0.4) is 0 Å². The number of H-pyrrole nitrogens is 1. The number of nitrogens with zero attached hydrogens (tertiary/aromatic N) is 2. The molecule has 1 N–H and O–H groups in total.